The predicted octanol–water partition coefficient (Wildman–Crippen LogP) is 0.248. The van der Waals surface area contributed by atoms with Crippen molar-refractivity contribution in [3.63, 3.8) is 0 Å². The molecule has 0 aliphatic rings. The zero-order valence-corrected chi connectivity index (χ0v) is 6.08. The summed E-state index contributed by atoms with van der Waals surface area (Å²) in [6, 6.07) is 0. The number of hydrogen-bond acceptors (Lipinski definition) is 4. The Balaban J connectivity index is 3.21. The van der Waals surface area contributed by atoms with Crippen LogP contribution in [0.25, 0.3) is 0 Å². The Kier molecular flexibility index (Phi) is 1.75. The van der Waals surface area contributed by atoms with Gasteiger partial charge >= 0.3 is 11.3 Å². The second kappa shape index (κ2) is 2.57. The van der Waals surface area contributed by atoms with E-state index >= 15 is 0 Å². The van der Waals surface area contributed by atoms with Gasteiger partial charge in [0.05, 0.1) is 4.91 Å². The lowest BCUT2D eigenvalue weighted by Crippen LogP contribution is -2.07. The summed E-state index contributed by atoms with van der Waals surface area (Å²) in [7, 11) is 1.17. The van der Waals surface area contributed by atoms with Crippen LogP contribution in [0.2, 0.25) is 0 Å². The monoisotopic (exact) mass is 159 g/mol. The molecule has 1 aromatic rings. The van der Waals surface area contributed by atoms with Crippen LogP contribution in [-0.2, 0) is 4.84 Å². The first kappa shape index (κ1) is 7.52. The Labute approximate surface area is 61.3 Å². The SMILES string of the molecule is CO[N+](=O)c1c(C)[nH]oc1=O. The van der Waals surface area contributed by atoms with Crippen LogP contribution in [0.4, 0.5) is 5.69 Å². The fourth-order valence-corrected chi connectivity index (χ4v) is 0.675. The summed E-state index contributed by atoms with van der Waals surface area (Å²) in [6.07, 6.45) is 0. The van der Waals surface area contributed by atoms with Crippen molar-refractivity contribution in [1.29, 1.82) is 0 Å². The number of rotatable bonds is 2. The van der Waals surface area contributed by atoms with Gasteiger partial charge in [0.2, 0.25) is 0 Å². The molecule has 0 fully saturated rings. The molecule has 1 aromatic heterocycles. The van der Waals surface area contributed by atoms with E-state index in [4.69, 9.17) is 0 Å². The quantitative estimate of drug-likeness (QED) is 0.627. The lowest BCUT2D eigenvalue weighted by atomic mass is 10.4. The number of aromatic nitrogens is 1. The van der Waals surface area contributed by atoms with Gasteiger partial charge in [-0.1, -0.05) is 0 Å². The molecule has 1 heterocycles. The van der Waals surface area contributed by atoms with E-state index in [1.165, 1.54) is 14.0 Å². The van der Waals surface area contributed by atoms with Gasteiger partial charge in [0.1, 0.15) is 5.69 Å². The molecule has 0 radical (unpaired) electrons. The highest BCUT2D eigenvalue weighted by Gasteiger charge is 2.27. The lowest BCUT2D eigenvalue weighted by Gasteiger charge is -1.80. The predicted molar refractivity (Wildman–Crippen MR) is 34.4 cm³/mol. The third kappa shape index (κ3) is 1.14. The maximum absolute atomic E-state index is 10.7. The first-order chi connectivity index (χ1) is 5.16. The highest BCUT2D eigenvalue weighted by atomic mass is 16.8. The maximum atomic E-state index is 10.7. The molecule has 0 atom stereocenters. The van der Waals surface area contributed by atoms with E-state index in [1.807, 2.05) is 0 Å². The molecule has 6 nitrogen and oxygen atoms in total. The minimum Gasteiger partial charge on any atom is -0.333 e. The van der Waals surface area contributed by atoms with Crippen molar-refractivity contribution in [3.8, 4) is 0 Å². The fourth-order valence-electron chi connectivity index (χ4n) is 0.675. The summed E-state index contributed by atoms with van der Waals surface area (Å²) >= 11 is 0. The van der Waals surface area contributed by atoms with Crippen molar-refractivity contribution < 1.29 is 14.3 Å². The summed E-state index contributed by atoms with van der Waals surface area (Å²) < 4.78 is 4.32. The number of aromatic amines is 1. The highest BCUT2D eigenvalue weighted by Crippen LogP contribution is 2.08. The Morgan fingerprint density at radius 2 is 2.27 bits per heavy atom. The van der Waals surface area contributed by atoms with Crippen LogP contribution in [-0.4, -0.2) is 17.2 Å². The fraction of sp³-hybridized carbons (Fsp3) is 0.400. The molecule has 0 bridgehead atoms. The van der Waals surface area contributed by atoms with Crippen molar-refractivity contribution in [2.24, 2.45) is 0 Å². The Morgan fingerprint density at radius 3 is 2.64 bits per heavy atom. The first-order valence-corrected chi connectivity index (χ1v) is 2.86. The van der Waals surface area contributed by atoms with Gasteiger partial charge in [-0.25, -0.2) is 14.8 Å². The molecule has 0 amide bonds. The van der Waals surface area contributed by atoms with Gasteiger partial charge in [0.25, 0.3) is 4.92 Å². The molecular formula is C5H7N2O4+. The number of H-pyrrole nitrogens is 1. The van der Waals surface area contributed by atoms with Gasteiger partial charge in [0, 0.05) is 0 Å². The summed E-state index contributed by atoms with van der Waals surface area (Å²) in [6.45, 7) is 1.53. The number of nitrogens with one attached hydrogen (secondary N) is 1. The zero-order valence-electron chi connectivity index (χ0n) is 6.08. The van der Waals surface area contributed by atoms with Gasteiger partial charge in [-0.3, -0.25) is 0 Å². The molecule has 0 saturated carbocycles. The van der Waals surface area contributed by atoms with Crippen LogP contribution in [0.1, 0.15) is 5.69 Å². The van der Waals surface area contributed by atoms with E-state index < -0.39 is 5.63 Å². The Hall–Kier alpha value is -1.59. The van der Waals surface area contributed by atoms with Crippen LogP contribution in [0.15, 0.2) is 9.32 Å². The smallest absolute Gasteiger partial charge is 0.333 e. The van der Waals surface area contributed by atoms with E-state index in [-0.39, 0.29) is 10.6 Å². The van der Waals surface area contributed by atoms with Gasteiger partial charge in [-0.05, 0) is 6.92 Å². The van der Waals surface area contributed by atoms with Gasteiger partial charge in [-0.2, -0.15) is 0 Å². The van der Waals surface area contributed by atoms with Gasteiger partial charge < -0.3 is 4.52 Å². The molecule has 60 valence electrons. The van der Waals surface area contributed by atoms with Crippen molar-refractivity contribution in [2.45, 2.75) is 6.92 Å². The van der Waals surface area contributed by atoms with E-state index in [9.17, 15) is 9.70 Å². The molecular weight excluding hydrogens is 152 g/mol. The van der Waals surface area contributed by atoms with Crippen molar-refractivity contribution in [3.05, 3.63) is 21.0 Å². The van der Waals surface area contributed by atoms with Gasteiger partial charge in [-0.15, -0.1) is 0 Å². The second-order valence-electron chi connectivity index (χ2n) is 1.90. The van der Waals surface area contributed by atoms with Crippen molar-refractivity contribution >= 4 is 5.69 Å². The van der Waals surface area contributed by atoms with E-state index in [0.717, 1.165) is 0 Å². The van der Waals surface area contributed by atoms with Crippen LogP contribution < -0.4 is 5.63 Å². The number of nitrogens with zero attached hydrogens (tertiary/aromatic N) is 1. The average molecular weight is 159 g/mol. The van der Waals surface area contributed by atoms with Crippen LogP contribution in [0, 0.1) is 11.8 Å². The topological polar surface area (TPSA) is 75.3 Å². The summed E-state index contributed by atoms with van der Waals surface area (Å²) in [5.41, 5.74) is -0.557. The summed E-state index contributed by atoms with van der Waals surface area (Å²) in [5.74, 6) is 0. The van der Waals surface area contributed by atoms with Crippen LogP contribution in [0.3, 0.4) is 0 Å². The molecule has 1 N–H and O–H groups in total. The van der Waals surface area contributed by atoms with Gasteiger partial charge in [0.15, 0.2) is 7.11 Å². The Morgan fingerprint density at radius 1 is 1.64 bits per heavy atom. The van der Waals surface area contributed by atoms with Crippen molar-refractivity contribution in [2.75, 3.05) is 7.11 Å². The molecule has 0 unspecified atom stereocenters. The molecule has 11 heavy (non-hydrogen) atoms. The van der Waals surface area contributed by atoms with Crippen LogP contribution >= 0.6 is 0 Å². The number of aryl methyl sites for hydroxylation is 1. The van der Waals surface area contributed by atoms with E-state index in [2.05, 4.69) is 14.5 Å². The largest absolute Gasteiger partial charge is 0.440 e. The lowest BCUT2D eigenvalue weighted by molar-refractivity contribution is -0.737. The van der Waals surface area contributed by atoms with E-state index in [0.29, 0.717) is 5.69 Å². The summed E-state index contributed by atoms with van der Waals surface area (Å²) in [5, 5.41) is 2.24. The average Bonchev–Trinajstić information content (AvgIpc) is 2.30. The summed E-state index contributed by atoms with van der Waals surface area (Å²) in [4.78, 5) is 25.8. The molecule has 0 spiro atoms. The third-order valence-electron chi connectivity index (χ3n) is 1.19. The normalized spacial score (nSPS) is 9.64. The molecule has 6 heteroatoms. The molecule has 0 saturated heterocycles. The minimum atomic E-state index is -0.737. The standard InChI is InChI=1S/C5H6N2O4/c1-3-4(7(9)10-2)5(8)11-6-3/h1-2H3/p+1. The molecule has 0 aliphatic carbocycles. The van der Waals surface area contributed by atoms with E-state index in [1.54, 1.807) is 0 Å². The zero-order chi connectivity index (χ0) is 8.43. The maximum Gasteiger partial charge on any atom is 0.440 e. The van der Waals surface area contributed by atoms with Crippen molar-refractivity contribution in [1.82, 2.24) is 5.16 Å². The number of hydrogen-bond donors (Lipinski definition) is 1. The third-order valence-corrected chi connectivity index (χ3v) is 1.19. The second-order valence-corrected chi connectivity index (χ2v) is 1.90. The minimum absolute atomic E-state index is 0.0949. The molecule has 0 aliphatic heterocycles. The highest BCUT2D eigenvalue weighted by molar-refractivity contribution is 5.27. The molecule has 1 rings (SSSR count). The Bertz CT molecular complexity index is 323. The first-order valence-electron chi connectivity index (χ1n) is 2.86. The molecule has 0 aromatic carbocycles. The van der Waals surface area contributed by atoms with Crippen LogP contribution in [0.5, 0.6) is 0 Å².